The fourth-order valence-corrected chi connectivity index (χ4v) is 3.37. The Bertz CT molecular complexity index is 762. The molecular formula is C20H20F2N2O. The quantitative estimate of drug-likeness (QED) is 0.920. The first-order valence-corrected chi connectivity index (χ1v) is 8.41. The molecule has 0 radical (unpaired) electrons. The molecule has 1 N–H and O–H groups in total. The van der Waals surface area contributed by atoms with Gasteiger partial charge in [0.1, 0.15) is 17.7 Å². The van der Waals surface area contributed by atoms with Crippen LogP contribution in [-0.4, -0.2) is 23.1 Å². The minimum atomic E-state index is -0.584. The van der Waals surface area contributed by atoms with Crippen molar-refractivity contribution in [3.05, 3.63) is 70.8 Å². The van der Waals surface area contributed by atoms with Gasteiger partial charge in [0, 0.05) is 6.54 Å². The highest BCUT2D eigenvalue weighted by atomic mass is 19.1. The number of nitrogens with zero attached hydrogens (tertiary/aromatic N) is 2. The van der Waals surface area contributed by atoms with Crippen LogP contribution in [0.25, 0.3) is 0 Å². The zero-order valence-electron chi connectivity index (χ0n) is 13.8. The van der Waals surface area contributed by atoms with Crippen molar-refractivity contribution in [1.29, 1.82) is 5.26 Å². The number of piperidine rings is 1. The van der Waals surface area contributed by atoms with E-state index in [0.717, 1.165) is 37.1 Å². The van der Waals surface area contributed by atoms with E-state index in [1.165, 1.54) is 18.2 Å². The molecule has 25 heavy (non-hydrogen) atoms. The van der Waals surface area contributed by atoms with Crippen LogP contribution in [0.5, 0.6) is 0 Å². The van der Waals surface area contributed by atoms with Gasteiger partial charge in [0.25, 0.3) is 0 Å². The highest BCUT2D eigenvalue weighted by Crippen LogP contribution is 2.31. The molecule has 0 aromatic heterocycles. The summed E-state index contributed by atoms with van der Waals surface area (Å²) < 4.78 is 26.4. The van der Waals surface area contributed by atoms with Crippen molar-refractivity contribution in [3.8, 4) is 6.07 Å². The van der Waals surface area contributed by atoms with Crippen molar-refractivity contribution in [2.75, 3.05) is 13.1 Å². The molecule has 0 aliphatic carbocycles. The summed E-state index contributed by atoms with van der Waals surface area (Å²) in [6.07, 6.45) is 1.09. The van der Waals surface area contributed by atoms with Crippen LogP contribution in [0, 0.1) is 28.9 Å². The Morgan fingerprint density at radius 1 is 1.12 bits per heavy atom. The predicted molar refractivity (Wildman–Crippen MR) is 90.5 cm³/mol. The third-order valence-corrected chi connectivity index (χ3v) is 4.85. The Balaban J connectivity index is 1.57. The summed E-state index contributed by atoms with van der Waals surface area (Å²) in [7, 11) is 0. The minimum Gasteiger partial charge on any atom is -0.388 e. The molecule has 0 spiro atoms. The van der Waals surface area contributed by atoms with Crippen molar-refractivity contribution in [1.82, 2.24) is 4.90 Å². The van der Waals surface area contributed by atoms with Gasteiger partial charge in [-0.05, 0) is 67.2 Å². The van der Waals surface area contributed by atoms with E-state index in [9.17, 15) is 13.9 Å². The third-order valence-electron chi connectivity index (χ3n) is 4.85. The van der Waals surface area contributed by atoms with Gasteiger partial charge in [-0.25, -0.2) is 8.78 Å². The van der Waals surface area contributed by atoms with Gasteiger partial charge < -0.3 is 5.11 Å². The predicted octanol–water partition coefficient (Wildman–Crippen LogP) is 3.78. The van der Waals surface area contributed by atoms with E-state index in [1.807, 2.05) is 6.07 Å². The second-order valence-corrected chi connectivity index (χ2v) is 6.54. The molecule has 5 heteroatoms. The molecule has 3 nitrogen and oxygen atoms in total. The maximum absolute atomic E-state index is 13.4. The molecule has 1 heterocycles. The van der Waals surface area contributed by atoms with Gasteiger partial charge in [-0.15, -0.1) is 0 Å². The second kappa shape index (κ2) is 7.73. The number of hydrogen-bond acceptors (Lipinski definition) is 3. The van der Waals surface area contributed by atoms with Crippen LogP contribution in [0.15, 0.2) is 42.5 Å². The largest absolute Gasteiger partial charge is 0.388 e. The van der Waals surface area contributed by atoms with Crippen LogP contribution in [-0.2, 0) is 6.54 Å². The minimum absolute atomic E-state index is 0.0686. The van der Waals surface area contributed by atoms with E-state index < -0.39 is 11.9 Å². The summed E-state index contributed by atoms with van der Waals surface area (Å²) in [6, 6.07) is 12.5. The number of aliphatic hydroxyl groups is 1. The Hall–Kier alpha value is -2.29. The fourth-order valence-electron chi connectivity index (χ4n) is 3.37. The van der Waals surface area contributed by atoms with E-state index in [1.54, 1.807) is 24.3 Å². The maximum Gasteiger partial charge on any atom is 0.140 e. The molecule has 1 fully saturated rings. The topological polar surface area (TPSA) is 47.3 Å². The highest BCUT2D eigenvalue weighted by Gasteiger charge is 2.26. The molecular weight excluding hydrogens is 322 g/mol. The lowest BCUT2D eigenvalue weighted by atomic mass is 9.87. The number of nitriles is 1. The number of halogens is 2. The van der Waals surface area contributed by atoms with E-state index in [4.69, 9.17) is 5.26 Å². The smallest absolute Gasteiger partial charge is 0.140 e. The van der Waals surface area contributed by atoms with Gasteiger partial charge in [0.15, 0.2) is 0 Å². The van der Waals surface area contributed by atoms with E-state index in [2.05, 4.69) is 4.90 Å². The summed E-state index contributed by atoms with van der Waals surface area (Å²) in [5, 5.41) is 19.4. The number of likely N-dealkylation sites (tertiary alicyclic amines) is 1. The van der Waals surface area contributed by atoms with E-state index in [0.29, 0.717) is 6.54 Å². The number of rotatable bonds is 4. The van der Waals surface area contributed by atoms with Crippen LogP contribution in [0.4, 0.5) is 8.78 Å². The third kappa shape index (κ3) is 4.22. The molecule has 0 bridgehead atoms. The molecule has 1 atom stereocenters. The lowest BCUT2D eigenvalue weighted by Crippen LogP contribution is -2.35. The lowest BCUT2D eigenvalue weighted by Gasteiger charge is -2.34. The first kappa shape index (κ1) is 17.5. The van der Waals surface area contributed by atoms with Crippen LogP contribution < -0.4 is 0 Å². The number of aliphatic hydroxyl groups excluding tert-OH is 1. The average Bonchev–Trinajstić information content (AvgIpc) is 2.64. The van der Waals surface area contributed by atoms with Gasteiger partial charge in [-0.2, -0.15) is 5.26 Å². The SMILES string of the molecule is N#Cc1cc(CN2CCC(C(O)c3ccc(F)cc3)CC2)ccc1F. The number of benzene rings is 2. The Morgan fingerprint density at radius 3 is 2.44 bits per heavy atom. The summed E-state index contributed by atoms with van der Waals surface area (Å²) in [5.41, 5.74) is 1.73. The van der Waals surface area contributed by atoms with Gasteiger partial charge in [0.2, 0.25) is 0 Å². The number of hydrogen-bond donors (Lipinski definition) is 1. The maximum atomic E-state index is 13.4. The van der Waals surface area contributed by atoms with E-state index in [-0.39, 0.29) is 17.3 Å². The van der Waals surface area contributed by atoms with Gasteiger partial charge in [0.05, 0.1) is 11.7 Å². The van der Waals surface area contributed by atoms with Crippen molar-refractivity contribution >= 4 is 0 Å². The molecule has 0 amide bonds. The monoisotopic (exact) mass is 342 g/mol. The molecule has 1 unspecified atom stereocenters. The van der Waals surface area contributed by atoms with E-state index >= 15 is 0 Å². The van der Waals surface area contributed by atoms with Gasteiger partial charge in [-0.3, -0.25) is 4.90 Å². The van der Waals surface area contributed by atoms with Gasteiger partial charge in [-0.1, -0.05) is 18.2 Å². The van der Waals surface area contributed by atoms with Crippen molar-refractivity contribution in [3.63, 3.8) is 0 Å². The average molecular weight is 342 g/mol. The zero-order valence-corrected chi connectivity index (χ0v) is 13.8. The van der Waals surface area contributed by atoms with Crippen LogP contribution in [0.3, 0.4) is 0 Å². The molecule has 0 saturated carbocycles. The highest BCUT2D eigenvalue weighted by molar-refractivity contribution is 5.34. The molecule has 2 aromatic carbocycles. The summed E-state index contributed by atoms with van der Waals surface area (Å²) >= 11 is 0. The second-order valence-electron chi connectivity index (χ2n) is 6.54. The summed E-state index contributed by atoms with van der Waals surface area (Å²) in [4.78, 5) is 2.24. The molecule has 1 saturated heterocycles. The molecule has 130 valence electrons. The first-order chi connectivity index (χ1) is 12.1. The normalized spacial score (nSPS) is 17.2. The van der Waals surface area contributed by atoms with Crippen LogP contribution in [0.2, 0.25) is 0 Å². The van der Waals surface area contributed by atoms with Crippen molar-refractivity contribution in [2.45, 2.75) is 25.5 Å². The van der Waals surface area contributed by atoms with Crippen LogP contribution >= 0.6 is 0 Å². The first-order valence-electron chi connectivity index (χ1n) is 8.41. The standard InChI is InChI=1S/C20H20F2N2O/c21-18-4-2-15(3-5-18)20(25)16-7-9-24(10-8-16)13-14-1-6-19(22)17(11-14)12-23/h1-6,11,16,20,25H,7-10,13H2. The molecule has 3 rings (SSSR count). The Kier molecular flexibility index (Phi) is 5.42. The van der Waals surface area contributed by atoms with Crippen LogP contribution in [0.1, 0.15) is 35.6 Å². The zero-order chi connectivity index (χ0) is 17.8. The molecule has 1 aliphatic rings. The Labute approximate surface area is 146 Å². The fraction of sp³-hybridized carbons (Fsp3) is 0.350. The summed E-state index contributed by atoms with van der Waals surface area (Å²) in [6.45, 7) is 2.30. The van der Waals surface area contributed by atoms with Crippen molar-refractivity contribution in [2.24, 2.45) is 5.92 Å². The lowest BCUT2D eigenvalue weighted by molar-refractivity contribution is 0.0567. The van der Waals surface area contributed by atoms with Gasteiger partial charge >= 0.3 is 0 Å². The Morgan fingerprint density at radius 2 is 1.80 bits per heavy atom. The summed E-state index contributed by atoms with van der Waals surface area (Å²) in [5.74, 6) is -0.654. The van der Waals surface area contributed by atoms with Crippen molar-refractivity contribution < 1.29 is 13.9 Å². The molecule has 2 aromatic rings. The molecule has 1 aliphatic heterocycles.